The highest BCUT2D eigenvalue weighted by atomic mass is 35.5. The Morgan fingerprint density at radius 3 is 2.41 bits per heavy atom. The first-order chi connectivity index (χ1) is 15.6. The maximum Gasteiger partial charge on any atom is 0.225 e. The van der Waals surface area contributed by atoms with E-state index in [0.29, 0.717) is 11.2 Å². The Morgan fingerprint density at radius 1 is 1.00 bits per heavy atom. The van der Waals surface area contributed by atoms with Gasteiger partial charge in [0.1, 0.15) is 10.6 Å². The molecule has 164 valence electrons. The van der Waals surface area contributed by atoms with Crippen molar-refractivity contribution in [1.29, 1.82) is 0 Å². The molecule has 0 spiro atoms. The SMILES string of the molecule is CCc1sc2nc(Cl)nc(N3CCC(Cc4ccccc4)CC3)c2c1-c1ccc(C)cc1. The number of halogens is 1. The number of fused-ring (bicyclic) bond motifs is 1. The lowest BCUT2D eigenvalue weighted by Gasteiger charge is -2.33. The molecule has 0 atom stereocenters. The van der Waals surface area contributed by atoms with E-state index < -0.39 is 0 Å². The van der Waals surface area contributed by atoms with Crippen LogP contribution in [-0.2, 0) is 12.8 Å². The number of anilines is 1. The minimum absolute atomic E-state index is 0.346. The first kappa shape index (κ1) is 21.4. The number of thiophene rings is 1. The summed E-state index contributed by atoms with van der Waals surface area (Å²) in [4.78, 5) is 14.2. The zero-order chi connectivity index (χ0) is 22.1. The average Bonchev–Trinajstić information content (AvgIpc) is 3.18. The third-order valence-electron chi connectivity index (χ3n) is 6.52. The van der Waals surface area contributed by atoms with Crippen molar-refractivity contribution in [3.8, 4) is 11.1 Å². The van der Waals surface area contributed by atoms with Gasteiger partial charge >= 0.3 is 0 Å². The Labute approximate surface area is 199 Å². The molecule has 1 aliphatic heterocycles. The Balaban J connectivity index is 1.49. The molecule has 0 N–H and O–H groups in total. The first-order valence-electron chi connectivity index (χ1n) is 11.5. The standard InChI is InChI=1S/C27H28ClN3S/c1-3-22-23(21-11-9-18(2)10-12-21)24-25(29-27(28)30-26(24)32-22)31-15-13-20(14-16-31)17-19-7-5-4-6-8-19/h4-12,20H,3,13-17H2,1-2H3. The van der Waals surface area contributed by atoms with Gasteiger partial charge in [0.15, 0.2) is 0 Å². The van der Waals surface area contributed by atoms with E-state index in [-0.39, 0.29) is 0 Å². The first-order valence-corrected chi connectivity index (χ1v) is 12.7. The molecule has 1 fully saturated rings. The third-order valence-corrected chi connectivity index (χ3v) is 7.92. The van der Waals surface area contributed by atoms with E-state index >= 15 is 0 Å². The smallest absolute Gasteiger partial charge is 0.225 e. The fourth-order valence-corrected chi connectivity index (χ4v) is 6.14. The second-order valence-electron chi connectivity index (χ2n) is 8.74. The van der Waals surface area contributed by atoms with Gasteiger partial charge in [0.05, 0.1) is 5.39 Å². The van der Waals surface area contributed by atoms with E-state index in [1.807, 2.05) is 0 Å². The predicted molar refractivity (Wildman–Crippen MR) is 137 cm³/mol. The number of aromatic nitrogens is 2. The summed E-state index contributed by atoms with van der Waals surface area (Å²) in [6.07, 6.45) is 4.47. The van der Waals surface area contributed by atoms with Crippen LogP contribution in [-0.4, -0.2) is 23.1 Å². The normalized spacial score (nSPS) is 14.9. The van der Waals surface area contributed by atoms with E-state index in [1.54, 1.807) is 11.3 Å². The number of rotatable bonds is 5. The number of hydrogen-bond acceptors (Lipinski definition) is 4. The molecular weight excluding hydrogens is 434 g/mol. The molecule has 4 aromatic rings. The lowest BCUT2D eigenvalue weighted by Crippen LogP contribution is -2.35. The molecule has 3 nitrogen and oxygen atoms in total. The van der Waals surface area contributed by atoms with Gasteiger partial charge in [-0.15, -0.1) is 11.3 Å². The lowest BCUT2D eigenvalue weighted by molar-refractivity contribution is 0.403. The van der Waals surface area contributed by atoms with E-state index in [9.17, 15) is 0 Å². The number of aryl methyl sites for hydroxylation is 2. The van der Waals surface area contributed by atoms with Crippen molar-refractivity contribution in [3.63, 3.8) is 0 Å². The van der Waals surface area contributed by atoms with Crippen LogP contribution < -0.4 is 4.90 Å². The van der Waals surface area contributed by atoms with Gasteiger partial charge in [-0.05, 0) is 61.3 Å². The zero-order valence-electron chi connectivity index (χ0n) is 18.6. The largest absolute Gasteiger partial charge is 0.356 e. The van der Waals surface area contributed by atoms with Crippen molar-refractivity contribution in [2.75, 3.05) is 18.0 Å². The van der Waals surface area contributed by atoms with E-state index in [4.69, 9.17) is 16.6 Å². The van der Waals surface area contributed by atoms with Crippen LogP contribution in [0.2, 0.25) is 5.28 Å². The van der Waals surface area contributed by atoms with E-state index in [1.165, 1.54) is 45.4 Å². The minimum atomic E-state index is 0.346. The molecule has 0 amide bonds. The lowest BCUT2D eigenvalue weighted by atomic mass is 9.90. The molecule has 1 saturated heterocycles. The summed E-state index contributed by atoms with van der Waals surface area (Å²) < 4.78 is 0. The summed E-state index contributed by atoms with van der Waals surface area (Å²) in [5.74, 6) is 1.72. The zero-order valence-corrected chi connectivity index (χ0v) is 20.2. The fourth-order valence-electron chi connectivity index (χ4n) is 4.80. The van der Waals surface area contributed by atoms with Gasteiger partial charge in [0.25, 0.3) is 0 Å². The highest BCUT2D eigenvalue weighted by Gasteiger charge is 2.26. The van der Waals surface area contributed by atoms with Gasteiger partial charge in [-0.2, -0.15) is 4.98 Å². The molecule has 1 aliphatic rings. The second-order valence-corrected chi connectivity index (χ2v) is 10.2. The summed E-state index contributed by atoms with van der Waals surface area (Å²) in [6.45, 7) is 6.35. The minimum Gasteiger partial charge on any atom is -0.356 e. The topological polar surface area (TPSA) is 29.0 Å². The van der Waals surface area contributed by atoms with E-state index in [2.05, 4.69) is 78.3 Å². The van der Waals surface area contributed by atoms with Crippen LogP contribution in [0.3, 0.4) is 0 Å². The van der Waals surface area contributed by atoms with Crippen molar-refractivity contribution in [2.45, 2.75) is 39.5 Å². The van der Waals surface area contributed by atoms with Crippen molar-refractivity contribution in [1.82, 2.24) is 9.97 Å². The van der Waals surface area contributed by atoms with Crippen molar-refractivity contribution in [2.24, 2.45) is 5.92 Å². The van der Waals surface area contributed by atoms with Crippen LogP contribution in [0.25, 0.3) is 21.3 Å². The second kappa shape index (κ2) is 9.21. The van der Waals surface area contributed by atoms with Crippen molar-refractivity contribution < 1.29 is 0 Å². The maximum absolute atomic E-state index is 6.41. The third kappa shape index (κ3) is 4.26. The summed E-state index contributed by atoms with van der Waals surface area (Å²) >= 11 is 8.16. The number of piperidine rings is 1. The highest BCUT2D eigenvalue weighted by Crippen LogP contribution is 2.43. The molecule has 2 aromatic heterocycles. The predicted octanol–water partition coefficient (Wildman–Crippen LogP) is 7.34. The average molecular weight is 462 g/mol. The van der Waals surface area contributed by atoms with Gasteiger partial charge < -0.3 is 4.90 Å². The Bertz CT molecular complexity index is 1210. The van der Waals surface area contributed by atoms with Crippen molar-refractivity contribution in [3.05, 3.63) is 75.9 Å². The van der Waals surface area contributed by atoms with Crippen LogP contribution in [0.15, 0.2) is 54.6 Å². The van der Waals surface area contributed by atoms with Gasteiger partial charge in [-0.3, -0.25) is 0 Å². The molecule has 0 bridgehead atoms. The van der Waals surface area contributed by atoms with Gasteiger partial charge in [0, 0.05) is 23.5 Å². The summed E-state index contributed by atoms with van der Waals surface area (Å²) in [7, 11) is 0. The number of hydrogen-bond donors (Lipinski definition) is 0. The van der Waals surface area contributed by atoms with Gasteiger partial charge in [-0.1, -0.05) is 67.1 Å². The molecule has 0 saturated carbocycles. The van der Waals surface area contributed by atoms with Crippen molar-refractivity contribution >= 4 is 39.0 Å². The highest BCUT2D eigenvalue weighted by molar-refractivity contribution is 7.19. The Hall–Kier alpha value is -2.43. The van der Waals surface area contributed by atoms with Crippen LogP contribution in [0.1, 0.15) is 35.8 Å². The number of nitrogens with zero attached hydrogens (tertiary/aromatic N) is 3. The number of benzene rings is 2. The molecule has 3 heterocycles. The molecule has 0 radical (unpaired) electrons. The van der Waals surface area contributed by atoms with Crippen LogP contribution in [0.4, 0.5) is 5.82 Å². The molecule has 0 unspecified atom stereocenters. The summed E-state index contributed by atoms with van der Waals surface area (Å²) in [5.41, 5.74) is 5.23. The fraction of sp³-hybridized carbons (Fsp3) is 0.333. The maximum atomic E-state index is 6.41. The molecular formula is C27H28ClN3S. The molecule has 32 heavy (non-hydrogen) atoms. The summed E-state index contributed by atoms with van der Waals surface area (Å²) in [6, 6.07) is 19.7. The van der Waals surface area contributed by atoms with Crippen LogP contribution >= 0.6 is 22.9 Å². The molecule has 5 heteroatoms. The Morgan fingerprint density at radius 2 is 1.72 bits per heavy atom. The Kier molecular flexibility index (Phi) is 6.16. The van der Waals surface area contributed by atoms with Gasteiger partial charge in [0.2, 0.25) is 5.28 Å². The quantitative estimate of drug-likeness (QED) is 0.291. The molecule has 2 aromatic carbocycles. The summed E-state index contributed by atoms with van der Waals surface area (Å²) in [5, 5.41) is 1.51. The monoisotopic (exact) mass is 461 g/mol. The van der Waals surface area contributed by atoms with Crippen LogP contribution in [0.5, 0.6) is 0 Å². The molecule has 5 rings (SSSR count). The van der Waals surface area contributed by atoms with Gasteiger partial charge in [-0.25, -0.2) is 4.98 Å². The molecule has 0 aliphatic carbocycles. The van der Waals surface area contributed by atoms with Crippen LogP contribution in [0, 0.1) is 12.8 Å². The van der Waals surface area contributed by atoms with E-state index in [0.717, 1.165) is 36.6 Å².